The van der Waals surface area contributed by atoms with Gasteiger partial charge in [-0.05, 0) is 17.7 Å². The Labute approximate surface area is 114 Å². The van der Waals surface area contributed by atoms with Crippen LogP contribution in [-0.4, -0.2) is 32.9 Å². The topological polar surface area (TPSA) is 49.4 Å². The fourth-order valence-electron chi connectivity index (χ4n) is 1.36. The van der Waals surface area contributed by atoms with Gasteiger partial charge in [-0.15, -0.1) is 0 Å². The molecule has 0 aliphatic rings. The molecular weight excluding hydrogens is 272 g/mol. The van der Waals surface area contributed by atoms with Crippen molar-refractivity contribution in [1.82, 2.24) is 9.62 Å². The molecule has 0 spiro atoms. The van der Waals surface area contributed by atoms with Gasteiger partial charge in [0.25, 0.3) is 0 Å². The quantitative estimate of drug-likeness (QED) is 0.903. The average Bonchev–Trinajstić information content (AvgIpc) is 2.26. The number of rotatable bonds is 5. The molecule has 0 saturated heterocycles. The SMILES string of the molecule is CC(C)NCc1ccc(S(=O)(=O)N(C)C)cc1Cl. The summed E-state index contributed by atoms with van der Waals surface area (Å²) in [5, 5.41) is 3.70. The molecule has 1 N–H and O–H groups in total. The van der Waals surface area contributed by atoms with Crippen LogP contribution in [0.1, 0.15) is 19.4 Å². The molecule has 0 saturated carbocycles. The monoisotopic (exact) mass is 290 g/mol. The van der Waals surface area contributed by atoms with Gasteiger partial charge in [-0.2, -0.15) is 0 Å². The Morgan fingerprint density at radius 2 is 1.94 bits per heavy atom. The maximum atomic E-state index is 11.9. The highest BCUT2D eigenvalue weighted by atomic mass is 35.5. The van der Waals surface area contributed by atoms with E-state index in [0.29, 0.717) is 17.6 Å². The number of hydrogen-bond acceptors (Lipinski definition) is 3. The maximum Gasteiger partial charge on any atom is 0.242 e. The molecule has 1 aromatic rings. The number of benzene rings is 1. The summed E-state index contributed by atoms with van der Waals surface area (Å²) in [7, 11) is -0.424. The predicted octanol–water partition coefficient (Wildman–Crippen LogP) is 2.09. The summed E-state index contributed by atoms with van der Waals surface area (Å²) in [6.07, 6.45) is 0. The zero-order chi connectivity index (χ0) is 13.9. The molecule has 0 unspecified atom stereocenters. The first kappa shape index (κ1) is 15.4. The van der Waals surface area contributed by atoms with E-state index in [4.69, 9.17) is 11.6 Å². The van der Waals surface area contributed by atoms with Gasteiger partial charge in [0.2, 0.25) is 10.0 Å². The number of halogens is 1. The van der Waals surface area contributed by atoms with Crippen LogP contribution in [0.2, 0.25) is 5.02 Å². The minimum atomic E-state index is -3.42. The molecule has 4 nitrogen and oxygen atoms in total. The van der Waals surface area contributed by atoms with Gasteiger partial charge in [-0.3, -0.25) is 0 Å². The Morgan fingerprint density at radius 1 is 1.33 bits per heavy atom. The number of sulfonamides is 1. The highest BCUT2D eigenvalue weighted by molar-refractivity contribution is 7.89. The van der Waals surface area contributed by atoms with Gasteiger partial charge in [0.1, 0.15) is 0 Å². The molecule has 0 amide bonds. The van der Waals surface area contributed by atoms with E-state index in [1.54, 1.807) is 12.1 Å². The van der Waals surface area contributed by atoms with E-state index in [0.717, 1.165) is 5.56 Å². The molecule has 0 bridgehead atoms. The van der Waals surface area contributed by atoms with Crippen molar-refractivity contribution in [2.24, 2.45) is 0 Å². The van der Waals surface area contributed by atoms with Gasteiger partial charge in [0.15, 0.2) is 0 Å². The third-order valence-electron chi connectivity index (χ3n) is 2.50. The lowest BCUT2D eigenvalue weighted by molar-refractivity contribution is 0.520. The molecule has 0 heterocycles. The van der Waals surface area contributed by atoms with Crippen LogP contribution in [0.25, 0.3) is 0 Å². The van der Waals surface area contributed by atoms with Gasteiger partial charge in [-0.1, -0.05) is 31.5 Å². The van der Waals surface area contributed by atoms with Gasteiger partial charge < -0.3 is 5.32 Å². The van der Waals surface area contributed by atoms with E-state index in [1.807, 2.05) is 13.8 Å². The highest BCUT2D eigenvalue weighted by Crippen LogP contribution is 2.22. The average molecular weight is 291 g/mol. The Balaban J connectivity index is 3.00. The third kappa shape index (κ3) is 3.68. The molecule has 1 aromatic carbocycles. The second-order valence-electron chi connectivity index (χ2n) is 4.58. The number of hydrogen-bond donors (Lipinski definition) is 1. The van der Waals surface area contributed by atoms with Crippen LogP contribution < -0.4 is 5.32 Å². The summed E-state index contributed by atoms with van der Waals surface area (Å²) in [6.45, 7) is 4.70. The van der Waals surface area contributed by atoms with Crippen LogP contribution in [0.4, 0.5) is 0 Å². The first-order valence-corrected chi connectivity index (χ1v) is 7.51. The Hall–Kier alpha value is -0.620. The molecule has 0 radical (unpaired) electrons. The lowest BCUT2D eigenvalue weighted by Gasteiger charge is -2.14. The molecule has 0 aliphatic carbocycles. The second-order valence-corrected chi connectivity index (χ2v) is 7.14. The summed E-state index contributed by atoms with van der Waals surface area (Å²) < 4.78 is 25.0. The lowest BCUT2D eigenvalue weighted by Crippen LogP contribution is -2.23. The molecule has 6 heteroatoms. The molecule has 1 rings (SSSR count). The first-order valence-electron chi connectivity index (χ1n) is 5.69. The fourth-order valence-corrected chi connectivity index (χ4v) is 2.60. The Morgan fingerprint density at radius 3 is 2.39 bits per heavy atom. The van der Waals surface area contributed by atoms with Gasteiger partial charge in [0, 0.05) is 31.7 Å². The van der Waals surface area contributed by atoms with Crippen molar-refractivity contribution in [2.45, 2.75) is 31.3 Å². The number of nitrogens with zero attached hydrogens (tertiary/aromatic N) is 1. The summed E-state index contributed by atoms with van der Waals surface area (Å²) in [4.78, 5) is 0.214. The van der Waals surface area contributed by atoms with E-state index >= 15 is 0 Å². The van der Waals surface area contributed by atoms with Crippen LogP contribution >= 0.6 is 11.6 Å². The zero-order valence-electron chi connectivity index (χ0n) is 11.1. The van der Waals surface area contributed by atoms with Crippen molar-refractivity contribution >= 4 is 21.6 Å². The standard InChI is InChI=1S/C12H19ClN2O2S/c1-9(2)14-8-10-5-6-11(7-12(10)13)18(16,17)15(3)4/h5-7,9,14H,8H2,1-4H3. The molecule has 18 heavy (non-hydrogen) atoms. The van der Waals surface area contributed by atoms with Crippen molar-refractivity contribution in [3.05, 3.63) is 28.8 Å². The van der Waals surface area contributed by atoms with E-state index in [2.05, 4.69) is 5.32 Å². The second kappa shape index (κ2) is 6.02. The summed E-state index contributed by atoms with van der Waals surface area (Å²) >= 11 is 6.10. The van der Waals surface area contributed by atoms with Gasteiger partial charge >= 0.3 is 0 Å². The molecule has 0 fully saturated rings. The van der Waals surface area contributed by atoms with Crippen molar-refractivity contribution in [2.75, 3.05) is 14.1 Å². The minimum absolute atomic E-state index is 0.214. The van der Waals surface area contributed by atoms with Crippen molar-refractivity contribution in [1.29, 1.82) is 0 Å². The summed E-state index contributed by atoms with van der Waals surface area (Å²) in [5.41, 5.74) is 0.892. The Kier molecular flexibility index (Phi) is 5.16. The Bertz CT molecular complexity index is 513. The number of nitrogens with one attached hydrogen (secondary N) is 1. The predicted molar refractivity (Wildman–Crippen MR) is 74.3 cm³/mol. The van der Waals surface area contributed by atoms with Crippen molar-refractivity contribution in [3.63, 3.8) is 0 Å². The summed E-state index contributed by atoms with van der Waals surface area (Å²) in [5.74, 6) is 0. The molecule has 0 atom stereocenters. The normalized spacial score (nSPS) is 12.4. The van der Waals surface area contributed by atoms with E-state index < -0.39 is 10.0 Å². The maximum absolute atomic E-state index is 11.9. The van der Waals surface area contributed by atoms with Gasteiger partial charge in [0.05, 0.1) is 4.90 Å². The van der Waals surface area contributed by atoms with E-state index in [1.165, 1.54) is 24.5 Å². The smallest absolute Gasteiger partial charge is 0.242 e. The van der Waals surface area contributed by atoms with Gasteiger partial charge in [-0.25, -0.2) is 12.7 Å². The molecule has 102 valence electrons. The largest absolute Gasteiger partial charge is 0.310 e. The zero-order valence-corrected chi connectivity index (χ0v) is 12.6. The fraction of sp³-hybridized carbons (Fsp3) is 0.500. The lowest BCUT2D eigenvalue weighted by atomic mass is 10.2. The van der Waals surface area contributed by atoms with Crippen LogP contribution in [0.5, 0.6) is 0 Å². The van der Waals surface area contributed by atoms with Crippen LogP contribution in [0.3, 0.4) is 0 Å². The molecule has 0 aliphatic heterocycles. The van der Waals surface area contributed by atoms with Crippen LogP contribution in [-0.2, 0) is 16.6 Å². The molecular formula is C12H19ClN2O2S. The summed E-state index contributed by atoms with van der Waals surface area (Å²) in [6, 6.07) is 5.17. The molecule has 0 aromatic heterocycles. The van der Waals surface area contributed by atoms with Crippen molar-refractivity contribution < 1.29 is 8.42 Å². The minimum Gasteiger partial charge on any atom is -0.310 e. The van der Waals surface area contributed by atoms with Crippen LogP contribution in [0.15, 0.2) is 23.1 Å². The highest BCUT2D eigenvalue weighted by Gasteiger charge is 2.18. The van der Waals surface area contributed by atoms with Crippen LogP contribution in [0, 0.1) is 0 Å². The first-order chi connectivity index (χ1) is 8.25. The third-order valence-corrected chi connectivity index (χ3v) is 4.67. The van der Waals surface area contributed by atoms with E-state index in [9.17, 15) is 8.42 Å². The van der Waals surface area contributed by atoms with E-state index in [-0.39, 0.29) is 4.90 Å². The van der Waals surface area contributed by atoms with Crippen molar-refractivity contribution in [3.8, 4) is 0 Å².